The molecule has 1 atom stereocenters. The number of nitrogens with zero attached hydrogens (tertiary/aromatic N) is 2. The minimum Gasteiger partial charge on any atom is -0.363 e. The number of nitrogens with one attached hydrogen (secondary N) is 3. The predicted octanol–water partition coefficient (Wildman–Crippen LogP) is 3.81. The van der Waals surface area contributed by atoms with E-state index in [0.29, 0.717) is 5.56 Å². The lowest BCUT2D eigenvalue weighted by atomic mass is 10.1. The minimum atomic E-state index is -1.58. The lowest BCUT2D eigenvalue weighted by Crippen LogP contribution is -2.28. The number of hydrogen-bond acceptors (Lipinski definition) is 5. The van der Waals surface area contributed by atoms with Crippen LogP contribution in [0.25, 0.3) is 0 Å². The number of carbonyl (C=O) groups is 1. The zero-order valence-corrected chi connectivity index (χ0v) is 15.3. The van der Waals surface area contributed by atoms with E-state index < -0.39 is 23.4 Å². The molecule has 0 bridgehead atoms. The van der Waals surface area contributed by atoms with Crippen LogP contribution < -0.4 is 15.4 Å². The van der Waals surface area contributed by atoms with Gasteiger partial charge in [-0.2, -0.15) is 0 Å². The van der Waals surface area contributed by atoms with Crippen LogP contribution in [0.4, 0.5) is 24.5 Å². The normalized spacial score (nSPS) is 15.6. The SMILES string of the molecule is Cn1cncc1C1NSc2cc(C(=O)Nc3cc(F)c(F)c(F)c3)ccc2N1. The maximum Gasteiger partial charge on any atom is 0.255 e. The third-order valence-corrected chi connectivity index (χ3v) is 5.13. The van der Waals surface area contributed by atoms with Crippen LogP contribution in [0.15, 0.2) is 47.8 Å². The molecular weight excluding hydrogens is 391 g/mol. The summed E-state index contributed by atoms with van der Waals surface area (Å²) in [5.41, 5.74) is 1.89. The minimum absolute atomic E-state index is 0.158. The summed E-state index contributed by atoms with van der Waals surface area (Å²) in [6.45, 7) is 0. The maximum atomic E-state index is 13.3. The van der Waals surface area contributed by atoms with E-state index in [2.05, 4.69) is 20.3 Å². The Hall–Kier alpha value is -2.98. The van der Waals surface area contributed by atoms with Gasteiger partial charge in [0.1, 0.15) is 6.17 Å². The first-order valence-corrected chi connectivity index (χ1v) is 8.99. The Labute approximate surface area is 162 Å². The molecule has 2 aromatic carbocycles. The van der Waals surface area contributed by atoms with Gasteiger partial charge < -0.3 is 15.2 Å². The first kappa shape index (κ1) is 18.4. The van der Waals surface area contributed by atoms with Crippen LogP contribution in [0.1, 0.15) is 22.2 Å². The standard InChI is InChI=1S/C18H14F3N5OS/c1-26-8-22-7-14(26)17-24-13-3-2-9(4-15(13)28-25-17)18(27)23-10-5-11(19)16(21)12(20)6-10/h2-8,17,24-25H,1H3,(H,23,27). The monoisotopic (exact) mass is 405 g/mol. The first-order valence-electron chi connectivity index (χ1n) is 8.17. The zero-order valence-electron chi connectivity index (χ0n) is 14.5. The van der Waals surface area contributed by atoms with Gasteiger partial charge in [-0.25, -0.2) is 22.9 Å². The van der Waals surface area contributed by atoms with Gasteiger partial charge in [0.05, 0.1) is 23.9 Å². The van der Waals surface area contributed by atoms with Crippen molar-refractivity contribution in [2.75, 3.05) is 10.6 Å². The molecule has 3 N–H and O–H groups in total. The van der Waals surface area contributed by atoms with Crippen LogP contribution in [0.2, 0.25) is 0 Å². The molecule has 2 heterocycles. The van der Waals surface area contributed by atoms with E-state index in [-0.39, 0.29) is 11.9 Å². The first-order chi connectivity index (χ1) is 13.4. The molecule has 6 nitrogen and oxygen atoms in total. The van der Waals surface area contributed by atoms with Crippen molar-refractivity contribution in [1.29, 1.82) is 0 Å². The highest BCUT2D eigenvalue weighted by Crippen LogP contribution is 2.35. The average Bonchev–Trinajstić information content (AvgIpc) is 3.11. The number of hydrogen-bond donors (Lipinski definition) is 3. The van der Waals surface area contributed by atoms with Crippen molar-refractivity contribution in [3.05, 3.63) is 71.6 Å². The number of fused-ring (bicyclic) bond motifs is 1. The number of halogens is 3. The fraction of sp³-hybridized carbons (Fsp3) is 0.111. The third-order valence-electron chi connectivity index (χ3n) is 4.22. The van der Waals surface area contributed by atoms with Crippen molar-refractivity contribution >= 4 is 29.2 Å². The van der Waals surface area contributed by atoms with Gasteiger partial charge in [0.25, 0.3) is 5.91 Å². The Bertz CT molecular complexity index is 1050. The fourth-order valence-electron chi connectivity index (χ4n) is 2.79. The number of carbonyl (C=O) groups excluding carboxylic acids is 1. The molecule has 3 aromatic rings. The lowest BCUT2D eigenvalue weighted by molar-refractivity contribution is 0.102. The summed E-state index contributed by atoms with van der Waals surface area (Å²) in [5.74, 6) is -4.89. The molecule has 10 heteroatoms. The second kappa shape index (κ2) is 7.21. The Balaban J connectivity index is 1.52. The molecule has 4 rings (SSSR count). The average molecular weight is 405 g/mol. The van der Waals surface area contributed by atoms with Gasteiger partial charge in [0.15, 0.2) is 17.5 Å². The number of aryl methyl sites for hydroxylation is 1. The molecule has 0 aliphatic carbocycles. The van der Waals surface area contributed by atoms with E-state index in [9.17, 15) is 18.0 Å². The van der Waals surface area contributed by atoms with Crippen LogP contribution >= 0.6 is 11.9 Å². The largest absolute Gasteiger partial charge is 0.363 e. The number of imidazole rings is 1. The van der Waals surface area contributed by atoms with Crippen molar-refractivity contribution < 1.29 is 18.0 Å². The highest BCUT2D eigenvalue weighted by atomic mass is 32.2. The zero-order chi connectivity index (χ0) is 19.8. The van der Waals surface area contributed by atoms with Crippen LogP contribution in [0, 0.1) is 17.5 Å². The summed E-state index contributed by atoms with van der Waals surface area (Å²) in [6, 6.07) is 6.43. The van der Waals surface area contributed by atoms with Gasteiger partial charge >= 0.3 is 0 Å². The van der Waals surface area contributed by atoms with Crippen molar-refractivity contribution in [3.8, 4) is 0 Å². The van der Waals surface area contributed by atoms with E-state index in [0.717, 1.165) is 28.4 Å². The van der Waals surface area contributed by atoms with Crippen molar-refractivity contribution in [3.63, 3.8) is 0 Å². The lowest BCUT2D eigenvalue weighted by Gasteiger charge is -2.27. The number of amides is 1. The fourth-order valence-corrected chi connectivity index (χ4v) is 3.63. The Morgan fingerprint density at radius 3 is 2.64 bits per heavy atom. The molecule has 1 aliphatic heterocycles. The summed E-state index contributed by atoms with van der Waals surface area (Å²) in [6.07, 6.45) is 3.29. The molecule has 0 saturated carbocycles. The Morgan fingerprint density at radius 2 is 1.96 bits per heavy atom. The van der Waals surface area contributed by atoms with Crippen LogP contribution in [0.5, 0.6) is 0 Å². The molecule has 1 unspecified atom stereocenters. The molecular formula is C18H14F3N5OS. The quantitative estimate of drug-likeness (QED) is 0.457. The summed E-state index contributed by atoms with van der Waals surface area (Å²) >= 11 is 1.35. The predicted molar refractivity (Wildman–Crippen MR) is 99.3 cm³/mol. The van der Waals surface area contributed by atoms with Crippen LogP contribution in [-0.4, -0.2) is 15.5 Å². The van der Waals surface area contributed by atoms with E-state index in [1.165, 1.54) is 11.9 Å². The summed E-state index contributed by atoms with van der Waals surface area (Å²) < 4.78 is 44.8. The van der Waals surface area contributed by atoms with E-state index in [1.54, 1.807) is 30.7 Å². The van der Waals surface area contributed by atoms with E-state index in [1.807, 2.05) is 11.6 Å². The number of rotatable bonds is 3. The number of benzene rings is 2. The maximum absolute atomic E-state index is 13.3. The molecule has 1 aromatic heterocycles. The smallest absolute Gasteiger partial charge is 0.255 e. The van der Waals surface area contributed by atoms with Gasteiger partial charge in [-0.3, -0.25) is 4.79 Å². The second-order valence-corrected chi connectivity index (χ2v) is 7.03. The van der Waals surface area contributed by atoms with Crippen LogP contribution in [-0.2, 0) is 7.05 Å². The van der Waals surface area contributed by atoms with Gasteiger partial charge in [-0.1, -0.05) is 0 Å². The highest BCUT2D eigenvalue weighted by Gasteiger charge is 2.22. The molecule has 0 fully saturated rings. The molecule has 28 heavy (non-hydrogen) atoms. The topological polar surface area (TPSA) is 71.0 Å². The third kappa shape index (κ3) is 3.43. The van der Waals surface area contributed by atoms with Gasteiger partial charge in [0, 0.05) is 35.3 Å². The van der Waals surface area contributed by atoms with E-state index >= 15 is 0 Å². The van der Waals surface area contributed by atoms with Crippen LogP contribution in [0.3, 0.4) is 0 Å². The second-order valence-electron chi connectivity index (χ2n) is 6.15. The van der Waals surface area contributed by atoms with Gasteiger partial charge in [0.2, 0.25) is 0 Å². The summed E-state index contributed by atoms with van der Waals surface area (Å²) in [5, 5.41) is 5.68. The summed E-state index contributed by atoms with van der Waals surface area (Å²) in [7, 11) is 1.89. The van der Waals surface area contributed by atoms with Crippen molar-refractivity contribution in [2.45, 2.75) is 11.1 Å². The van der Waals surface area contributed by atoms with Gasteiger partial charge in [-0.05, 0) is 30.1 Å². The molecule has 1 aliphatic rings. The molecule has 0 saturated heterocycles. The molecule has 0 radical (unpaired) electrons. The molecule has 144 valence electrons. The highest BCUT2D eigenvalue weighted by molar-refractivity contribution is 7.97. The van der Waals surface area contributed by atoms with E-state index in [4.69, 9.17) is 0 Å². The molecule has 0 spiro atoms. The molecule has 1 amide bonds. The van der Waals surface area contributed by atoms with Crippen molar-refractivity contribution in [2.24, 2.45) is 7.05 Å². The number of aromatic nitrogens is 2. The number of anilines is 2. The Kier molecular flexibility index (Phi) is 4.73. The van der Waals surface area contributed by atoms with Gasteiger partial charge in [-0.15, -0.1) is 0 Å². The Morgan fingerprint density at radius 1 is 1.21 bits per heavy atom. The summed E-state index contributed by atoms with van der Waals surface area (Å²) in [4.78, 5) is 17.3. The van der Waals surface area contributed by atoms with Crippen molar-refractivity contribution in [1.82, 2.24) is 14.3 Å².